The van der Waals surface area contributed by atoms with E-state index in [4.69, 9.17) is 25.7 Å². The van der Waals surface area contributed by atoms with Crippen LogP contribution in [0.3, 0.4) is 0 Å². The van der Waals surface area contributed by atoms with E-state index in [9.17, 15) is 14.7 Å². The van der Waals surface area contributed by atoms with Crippen molar-refractivity contribution in [1.29, 1.82) is 0 Å². The molecule has 218 valence electrons. The molecule has 0 aromatic heterocycles. The van der Waals surface area contributed by atoms with Gasteiger partial charge in [0.25, 0.3) is 0 Å². The Labute approximate surface area is 229 Å². The van der Waals surface area contributed by atoms with Crippen molar-refractivity contribution in [2.24, 2.45) is 35.1 Å². The average molecular weight is 538 g/mol. The number of benzene rings is 1. The van der Waals surface area contributed by atoms with Gasteiger partial charge < -0.3 is 36.1 Å². The predicted molar refractivity (Wildman–Crippen MR) is 150 cm³/mol. The van der Waals surface area contributed by atoms with E-state index in [1.54, 1.807) is 28.1 Å². The lowest BCUT2D eigenvalue weighted by atomic mass is 9.80. The molecule has 2 amide bonds. The molecule has 0 bridgehead atoms. The molecule has 0 spiro atoms. The SMILES string of the molecule is COCCCOc1cc(C[C@@H](C[C@H](N)[C@@H](O)C[C@H](C(=O)NC(C)(C)C(N)=O)C(C)C)C(C)C)ccc1OC. The molecule has 9 nitrogen and oxygen atoms in total. The molecule has 0 heterocycles. The topological polar surface area (TPSA) is 146 Å². The van der Waals surface area contributed by atoms with Gasteiger partial charge in [0.1, 0.15) is 5.54 Å². The van der Waals surface area contributed by atoms with Crippen molar-refractivity contribution in [3.8, 4) is 11.5 Å². The largest absolute Gasteiger partial charge is 0.493 e. The summed E-state index contributed by atoms with van der Waals surface area (Å²) in [6.07, 6.45) is 1.46. The van der Waals surface area contributed by atoms with Gasteiger partial charge in [-0.25, -0.2) is 0 Å². The lowest BCUT2D eigenvalue weighted by Crippen LogP contribution is -2.55. The Morgan fingerprint density at radius 3 is 2.21 bits per heavy atom. The molecule has 1 aromatic rings. The minimum Gasteiger partial charge on any atom is -0.493 e. The molecule has 0 aliphatic rings. The molecular weight excluding hydrogens is 486 g/mol. The number of nitrogens with two attached hydrogens (primary N) is 2. The Balaban J connectivity index is 2.91. The molecule has 1 rings (SSSR count). The summed E-state index contributed by atoms with van der Waals surface area (Å²) in [7, 11) is 3.28. The highest BCUT2D eigenvalue weighted by molar-refractivity contribution is 5.90. The van der Waals surface area contributed by atoms with Crippen molar-refractivity contribution >= 4 is 11.8 Å². The highest BCUT2D eigenvalue weighted by atomic mass is 16.5. The number of hydrogen-bond acceptors (Lipinski definition) is 7. The van der Waals surface area contributed by atoms with Gasteiger partial charge in [0.2, 0.25) is 11.8 Å². The maximum atomic E-state index is 12.9. The van der Waals surface area contributed by atoms with Crippen molar-refractivity contribution in [2.45, 2.75) is 84.9 Å². The highest BCUT2D eigenvalue weighted by Gasteiger charge is 2.34. The van der Waals surface area contributed by atoms with E-state index >= 15 is 0 Å². The fraction of sp³-hybridized carbons (Fsp3) is 0.724. The van der Waals surface area contributed by atoms with E-state index < -0.39 is 29.5 Å². The van der Waals surface area contributed by atoms with Crippen LogP contribution in [0.2, 0.25) is 0 Å². The first-order valence-electron chi connectivity index (χ1n) is 13.6. The first-order chi connectivity index (χ1) is 17.7. The fourth-order valence-electron chi connectivity index (χ4n) is 4.33. The number of methoxy groups -OCH3 is 2. The number of rotatable bonds is 18. The summed E-state index contributed by atoms with van der Waals surface area (Å²) in [6.45, 7) is 12.4. The van der Waals surface area contributed by atoms with Crippen molar-refractivity contribution in [1.82, 2.24) is 5.32 Å². The van der Waals surface area contributed by atoms with Crippen LogP contribution < -0.4 is 26.3 Å². The quantitative estimate of drug-likeness (QED) is 0.211. The molecular formula is C29H51N3O6. The number of ether oxygens (including phenoxy) is 3. The zero-order valence-corrected chi connectivity index (χ0v) is 24.6. The second-order valence-corrected chi connectivity index (χ2v) is 11.4. The molecule has 1 aromatic carbocycles. The van der Waals surface area contributed by atoms with Gasteiger partial charge in [-0.2, -0.15) is 0 Å². The molecule has 9 heteroatoms. The van der Waals surface area contributed by atoms with Crippen LogP contribution in [0.4, 0.5) is 0 Å². The zero-order valence-electron chi connectivity index (χ0n) is 24.6. The highest BCUT2D eigenvalue weighted by Crippen LogP contribution is 2.32. The van der Waals surface area contributed by atoms with Crippen LogP contribution in [0.1, 0.15) is 66.4 Å². The lowest BCUT2D eigenvalue weighted by Gasteiger charge is -2.31. The Kier molecular flexibility index (Phi) is 14.1. The number of nitrogens with one attached hydrogen (secondary N) is 1. The first-order valence-corrected chi connectivity index (χ1v) is 13.6. The molecule has 0 radical (unpaired) electrons. The van der Waals surface area contributed by atoms with Crippen LogP contribution in [-0.2, 0) is 20.7 Å². The smallest absolute Gasteiger partial charge is 0.242 e. The van der Waals surface area contributed by atoms with Gasteiger partial charge in [-0.15, -0.1) is 0 Å². The summed E-state index contributed by atoms with van der Waals surface area (Å²) in [5.74, 6) is 0.403. The van der Waals surface area contributed by atoms with Gasteiger partial charge in [0, 0.05) is 32.1 Å². The normalized spacial score (nSPS) is 15.2. The van der Waals surface area contributed by atoms with Gasteiger partial charge >= 0.3 is 0 Å². The Hall–Kier alpha value is -2.36. The third kappa shape index (κ3) is 10.8. The Morgan fingerprint density at radius 2 is 1.68 bits per heavy atom. The van der Waals surface area contributed by atoms with E-state index in [0.29, 0.717) is 37.1 Å². The molecule has 0 unspecified atom stereocenters. The standard InChI is InChI=1S/C29H51N3O6/c1-18(2)21(14-20-10-11-25(37-8)26(15-20)38-13-9-12-36-7)16-23(30)24(33)17-22(19(3)4)27(34)32-29(5,6)28(31)35/h10-11,15,18-19,21-24,33H,9,12-14,16-17,30H2,1-8H3,(H2,31,35)(H,32,34)/t21-,22-,23-,24-/m0/s1. The third-order valence-corrected chi connectivity index (χ3v) is 7.18. The fourth-order valence-corrected chi connectivity index (χ4v) is 4.33. The van der Waals surface area contributed by atoms with E-state index in [0.717, 1.165) is 18.4 Å². The van der Waals surface area contributed by atoms with Gasteiger partial charge in [-0.1, -0.05) is 33.8 Å². The van der Waals surface area contributed by atoms with Crippen molar-refractivity contribution in [2.75, 3.05) is 27.4 Å². The molecule has 4 atom stereocenters. The molecule has 0 saturated heterocycles. The number of carbonyl (C=O) groups is 2. The number of hydrogen-bond donors (Lipinski definition) is 4. The van der Waals surface area contributed by atoms with Crippen LogP contribution in [0, 0.1) is 23.7 Å². The van der Waals surface area contributed by atoms with E-state index in [-0.39, 0.29) is 24.2 Å². The number of aliphatic hydroxyl groups is 1. The number of carbonyl (C=O) groups excluding carboxylic acids is 2. The summed E-state index contributed by atoms with van der Waals surface area (Å²) < 4.78 is 16.5. The van der Waals surface area contributed by atoms with Crippen molar-refractivity contribution in [3.63, 3.8) is 0 Å². The lowest BCUT2D eigenvalue weighted by molar-refractivity contribution is -0.134. The van der Waals surface area contributed by atoms with E-state index in [1.165, 1.54) is 0 Å². The second-order valence-electron chi connectivity index (χ2n) is 11.4. The van der Waals surface area contributed by atoms with E-state index in [2.05, 4.69) is 19.2 Å². The molecule has 0 fully saturated rings. The summed E-state index contributed by atoms with van der Waals surface area (Å²) in [5, 5.41) is 13.7. The summed E-state index contributed by atoms with van der Waals surface area (Å²) in [5.41, 5.74) is 11.8. The van der Waals surface area contributed by atoms with Gasteiger partial charge in [0.15, 0.2) is 11.5 Å². The monoisotopic (exact) mass is 537 g/mol. The minimum absolute atomic E-state index is 0.0527. The Bertz CT molecular complexity index is 874. The van der Waals surface area contributed by atoms with Crippen molar-refractivity contribution in [3.05, 3.63) is 23.8 Å². The number of primary amides is 1. The van der Waals surface area contributed by atoms with Crippen LogP contribution in [0.15, 0.2) is 18.2 Å². The second kappa shape index (κ2) is 15.9. The van der Waals surface area contributed by atoms with Crippen LogP contribution in [-0.4, -0.2) is 62.0 Å². The maximum Gasteiger partial charge on any atom is 0.242 e. The Morgan fingerprint density at radius 1 is 1.03 bits per heavy atom. The molecule has 0 aliphatic carbocycles. The average Bonchev–Trinajstić information content (AvgIpc) is 2.83. The predicted octanol–water partition coefficient (Wildman–Crippen LogP) is 3.05. The van der Waals surface area contributed by atoms with Gasteiger partial charge in [0.05, 0.1) is 19.8 Å². The summed E-state index contributed by atoms with van der Waals surface area (Å²) >= 11 is 0. The third-order valence-electron chi connectivity index (χ3n) is 7.18. The molecule has 38 heavy (non-hydrogen) atoms. The van der Waals surface area contributed by atoms with E-state index in [1.807, 2.05) is 32.0 Å². The first kappa shape index (κ1) is 33.7. The number of aliphatic hydroxyl groups excluding tert-OH is 1. The zero-order chi connectivity index (χ0) is 29.0. The molecule has 6 N–H and O–H groups in total. The van der Waals surface area contributed by atoms with Crippen LogP contribution in [0.25, 0.3) is 0 Å². The van der Waals surface area contributed by atoms with Gasteiger partial charge in [-0.05, 0) is 68.6 Å². The summed E-state index contributed by atoms with van der Waals surface area (Å²) in [4.78, 5) is 24.6. The number of amides is 2. The van der Waals surface area contributed by atoms with Crippen molar-refractivity contribution < 1.29 is 28.9 Å². The minimum atomic E-state index is -1.18. The summed E-state index contributed by atoms with van der Waals surface area (Å²) in [6, 6.07) is 5.43. The molecule has 0 saturated carbocycles. The van der Waals surface area contributed by atoms with Crippen LogP contribution >= 0.6 is 0 Å². The van der Waals surface area contributed by atoms with Crippen LogP contribution in [0.5, 0.6) is 11.5 Å². The van der Waals surface area contributed by atoms with Gasteiger partial charge in [-0.3, -0.25) is 9.59 Å². The maximum absolute atomic E-state index is 12.9. The molecule has 0 aliphatic heterocycles.